The predicted molar refractivity (Wildman–Crippen MR) is 87.6 cm³/mol. The number of fused-ring (bicyclic) bond motifs is 1. The number of nitrogens with zero attached hydrogens (tertiary/aromatic N) is 3. The van der Waals surface area contributed by atoms with Crippen LogP contribution in [-0.2, 0) is 13.6 Å². The van der Waals surface area contributed by atoms with Crippen LogP contribution in [0.15, 0.2) is 29.1 Å². The molecule has 2 aromatic heterocycles. The van der Waals surface area contributed by atoms with Gasteiger partial charge in [0.1, 0.15) is 5.52 Å². The highest BCUT2D eigenvalue weighted by molar-refractivity contribution is 5.83. The third-order valence-corrected chi connectivity index (χ3v) is 4.96. The first-order valence-corrected chi connectivity index (χ1v) is 8.00. The SMILES string of the molecule is Cn1c(=O)n(CC2(C)CC2)c2ccc(-c3cc(F)nc(F)c3)c(F)c21. The van der Waals surface area contributed by atoms with E-state index >= 15 is 4.39 Å². The van der Waals surface area contributed by atoms with Crippen molar-refractivity contribution in [1.82, 2.24) is 14.1 Å². The summed E-state index contributed by atoms with van der Waals surface area (Å²) in [5.74, 6) is -2.73. The molecule has 1 aliphatic rings. The maximum Gasteiger partial charge on any atom is 0.328 e. The van der Waals surface area contributed by atoms with Gasteiger partial charge < -0.3 is 0 Å². The van der Waals surface area contributed by atoms with Crippen molar-refractivity contribution in [2.45, 2.75) is 26.3 Å². The third-order valence-electron chi connectivity index (χ3n) is 4.96. The monoisotopic (exact) mass is 347 g/mol. The lowest BCUT2D eigenvalue weighted by Gasteiger charge is -2.10. The molecule has 0 atom stereocenters. The second-order valence-electron chi connectivity index (χ2n) is 7.03. The molecule has 0 saturated heterocycles. The summed E-state index contributed by atoms with van der Waals surface area (Å²) in [7, 11) is 1.50. The van der Waals surface area contributed by atoms with E-state index in [4.69, 9.17) is 0 Å². The van der Waals surface area contributed by atoms with Crippen LogP contribution in [0.3, 0.4) is 0 Å². The largest absolute Gasteiger partial charge is 0.328 e. The Bertz CT molecular complexity index is 1040. The summed E-state index contributed by atoms with van der Waals surface area (Å²) in [6, 6.07) is 5.00. The maximum absolute atomic E-state index is 15.1. The predicted octanol–water partition coefficient (Wildman–Crippen LogP) is 3.62. The van der Waals surface area contributed by atoms with Crippen molar-refractivity contribution in [2.75, 3.05) is 0 Å². The van der Waals surface area contributed by atoms with Crippen molar-refractivity contribution < 1.29 is 13.2 Å². The quantitative estimate of drug-likeness (QED) is 0.679. The van der Waals surface area contributed by atoms with Crippen LogP contribution in [0.5, 0.6) is 0 Å². The third kappa shape index (κ3) is 2.54. The minimum Gasteiger partial charge on any atom is -0.292 e. The average molecular weight is 347 g/mol. The summed E-state index contributed by atoms with van der Waals surface area (Å²) in [6.07, 6.45) is 2.07. The van der Waals surface area contributed by atoms with Gasteiger partial charge >= 0.3 is 5.69 Å². The van der Waals surface area contributed by atoms with Gasteiger partial charge in [0.2, 0.25) is 11.9 Å². The van der Waals surface area contributed by atoms with Crippen molar-refractivity contribution in [2.24, 2.45) is 12.5 Å². The number of hydrogen-bond acceptors (Lipinski definition) is 2. The highest BCUT2D eigenvalue weighted by Gasteiger charge is 2.38. The summed E-state index contributed by atoms with van der Waals surface area (Å²) < 4.78 is 44.6. The van der Waals surface area contributed by atoms with Crippen LogP contribution in [0.4, 0.5) is 13.2 Å². The van der Waals surface area contributed by atoms with Crippen molar-refractivity contribution >= 4 is 11.0 Å². The Morgan fingerprint density at radius 1 is 1.16 bits per heavy atom. The van der Waals surface area contributed by atoms with Crippen molar-refractivity contribution in [3.63, 3.8) is 0 Å². The van der Waals surface area contributed by atoms with Crippen molar-refractivity contribution in [3.8, 4) is 11.1 Å². The molecule has 25 heavy (non-hydrogen) atoms. The van der Waals surface area contributed by atoms with Gasteiger partial charge in [-0.15, -0.1) is 0 Å². The molecule has 1 aromatic carbocycles. The van der Waals surface area contributed by atoms with Gasteiger partial charge in [-0.3, -0.25) is 9.13 Å². The second-order valence-corrected chi connectivity index (χ2v) is 7.03. The lowest BCUT2D eigenvalue weighted by molar-refractivity contribution is 0.460. The Hall–Kier alpha value is -2.57. The Labute approximate surface area is 141 Å². The van der Waals surface area contributed by atoms with Crippen LogP contribution in [0.1, 0.15) is 19.8 Å². The lowest BCUT2D eigenvalue weighted by Crippen LogP contribution is -2.25. The van der Waals surface area contributed by atoms with Crippen molar-refractivity contribution in [1.29, 1.82) is 0 Å². The Morgan fingerprint density at radius 3 is 2.40 bits per heavy atom. The normalized spacial score (nSPS) is 15.7. The number of benzene rings is 1. The van der Waals surface area contributed by atoms with Crippen LogP contribution in [0.2, 0.25) is 0 Å². The number of hydrogen-bond donors (Lipinski definition) is 0. The number of halogens is 3. The van der Waals surface area contributed by atoms with E-state index in [1.807, 2.05) is 0 Å². The van der Waals surface area contributed by atoms with E-state index in [-0.39, 0.29) is 27.7 Å². The van der Waals surface area contributed by atoms with E-state index in [0.717, 1.165) is 25.0 Å². The van der Waals surface area contributed by atoms with E-state index in [0.29, 0.717) is 12.1 Å². The van der Waals surface area contributed by atoms with Gasteiger partial charge in [-0.2, -0.15) is 13.8 Å². The average Bonchev–Trinajstić information content (AvgIpc) is 3.22. The number of aryl methyl sites for hydroxylation is 1. The van der Waals surface area contributed by atoms with Gasteiger partial charge in [0.05, 0.1) is 5.52 Å². The fourth-order valence-corrected chi connectivity index (χ4v) is 3.22. The lowest BCUT2D eigenvalue weighted by atomic mass is 10.0. The molecule has 1 aliphatic carbocycles. The molecule has 0 unspecified atom stereocenters. The number of rotatable bonds is 3. The summed E-state index contributed by atoms with van der Waals surface area (Å²) in [5.41, 5.74) is 0.453. The van der Waals surface area contributed by atoms with Gasteiger partial charge in [0.15, 0.2) is 5.82 Å². The summed E-state index contributed by atoms with van der Waals surface area (Å²) in [4.78, 5) is 15.6. The Balaban J connectivity index is 1.94. The van der Waals surface area contributed by atoms with Crippen LogP contribution in [0.25, 0.3) is 22.2 Å². The Kier molecular flexibility index (Phi) is 3.32. The summed E-state index contributed by atoms with van der Waals surface area (Å²) in [5, 5.41) is 0. The summed E-state index contributed by atoms with van der Waals surface area (Å²) >= 11 is 0. The molecular formula is C18H16F3N3O. The molecule has 2 heterocycles. The smallest absolute Gasteiger partial charge is 0.292 e. The van der Waals surface area contributed by atoms with E-state index in [2.05, 4.69) is 11.9 Å². The molecular weight excluding hydrogens is 331 g/mol. The Morgan fingerprint density at radius 2 is 1.80 bits per heavy atom. The molecule has 4 rings (SSSR count). The molecule has 0 N–H and O–H groups in total. The van der Waals surface area contributed by atoms with Crippen molar-refractivity contribution in [3.05, 3.63) is 52.5 Å². The highest BCUT2D eigenvalue weighted by atomic mass is 19.1. The standard InChI is InChI=1S/C18H16F3N3O/c1-18(5-6-18)9-24-12-4-3-11(10-7-13(19)22-14(20)8-10)15(21)16(12)23(2)17(24)25/h3-4,7-8H,5-6,9H2,1-2H3. The van der Waals surface area contributed by atoms with Crippen LogP contribution >= 0.6 is 0 Å². The zero-order chi connectivity index (χ0) is 17.9. The molecule has 0 bridgehead atoms. The maximum atomic E-state index is 15.1. The van der Waals surface area contributed by atoms with Gasteiger partial charge in [-0.1, -0.05) is 6.92 Å². The van der Waals surface area contributed by atoms with Gasteiger partial charge in [-0.25, -0.2) is 9.18 Å². The number of pyridine rings is 1. The molecule has 0 aliphatic heterocycles. The first kappa shape index (κ1) is 15.9. The fraction of sp³-hybridized carbons (Fsp3) is 0.333. The van der Waals surface area contributed by atoms with Gasteiger partial charge in [0.25, 0.3) is 0 Å². The van der Waals surface area contributed by atoms with Crippen LogP contribution in [0, 0.1) is 23.1 Å². The molecule has 3 aromatic rings. The molecule has 0 amide bonds. The molecule has 4 nitrogen and oxygen atoms in total. The minimum atomic E-state index is -1.03. The number of imidazole rings is 1. The summed E-state index contributed by atoms with van der Waals surface area (Å²) in [6.45, 7) is 2.62. The van der Waals surface area contributed by atoms with E-state index in [9.17, 15) is 13.6 Å². The molecule has 7 heteroatoms. The zero-order valence-corrected chi connectivity index (χ0v) is 13.8. The minimum absolute atomic E-state index is 0.0260. The first-order chi connectivity index (χ1) is 11.8. The van der Waals surface area contributed by atoms with E-state index < -0.39 is 17.7 Å². The molecule has 1 saturated carbocycles. The van der Waals surface area contributed by atoms with Gasteiger partial charge in [0, 0.05) is 31.3 Å². The highest BCUT2D eigenvalue weighted by Crippen LogP contribution is 2.46. The molecule has 0 radical (unpaired) electrons. The van der Waals surface area contributed by atoms with Crippen LogP contribution in [-0.4, -0.2) is 14.1 Å². The molecule has 0 spiro atoms. The topological polar surface area (TPSA) is 39.8 Å². The van der Waals surface area contributed by atoms with E-state index in [1.54, 1.807) is 10.6 Å². The first-order valence-electron chi connectivity index (χ1n) is 8.00. The van der Waals surface area contributed by atoms with Crippen LogP contribution < -0.4 is 5.69 Å². The molecule has 1 fully saturated rings. The zero-order valence-electron chi connectivity index (χ0n) is 13.8. The van der Waals surface area contributed by atoms with E-state index in [1.165, 1.54) is 17.7 Å². The van der Waals surface area contributed by atoms with Gasteiger partial charge in [-0.05, 0) is 36.0 Å². The molecule has 130 valence electrons. The fourth-order valence-electron chi connectivity index (χ4n) is 3.22. The number of aromatic nitrogens is 3. The second kappa shape index (κ2) is 5.21.